The predicted molar refractivity (Wildman–Crippen MR) is 158 cm³/mol. The molecule has 1 heterocycles. The largest absolute Gasteiger partial charge is 0.507 e. The maximum atomic E-state index is 13.4. The third-order valence-corrected chi connectivity index (χ3v) is 7.49. The fourth-order valence-corrected chi connectivity index (χ4v) is 5.11. The Hall–Kier alpha value is -3.52. The summed E-state index contributed by atoms with van der Waals surface area (Å²) in [4.78, 5) is 41.5. The van der Waals surface area contributed by atoms with Gasteiger partial charge in [0.25, 0.3) is 17.4 Å². The van der Waals surface area contributed by atoms with E-state index >= 15 is 0 Å². The maximum absolute atomic E-state index is 13.4. The third kappa shape index (κ3) is 7.36. The molecule has 40 heavy (non-hydrogen) atoms. The summed E-state index contributed by atoms with van der Waals surface area (Å²) in [6.07, 6.45) is 5.13. The first kappa shape index (κ1) is 31.0. The Balaban J connectivity index is 2.00. The van der Waals surface area contributed by atoms with E-state index in [-0.39, 0.29) is 22.2 Å². The molecule has 1 fully saturated rings. The Kier molecular flexibility index (Phi) is 10.6. The lowest BCUT2D eigenvalue weighted by Gasteiger charge is -2.28. The van der Waals surface area contributed by atoms with Crippen LogP contribution in [0.1, 0.15) is 89.5 Å². The molecule has 1 unspecified atom stereocenters. The number of nitro benzene ring substituents is 1. The number of amides is 1. The van der Waals surface area contributed by atoms with E-state index < -0.39 is 28.4 Å². The van der Waals surface area contributed by atoms with E-state index in [0.29, 0.717) is 18.5 Å². The summed E-state index contributed by atoms with van der Waals surface area (Å²) < 4.78 is 0. The van der Waals surface area contributed by atoms with Gasteiger partial charge in [-0.3, -0.25) is 19.7 Å². The highest BCUT2D eigenvalue weighted by Crippen LogP contribution is 2.40. The third-order valence-electron chi connectivity index (χ3n) is 7.49. The highest BCUT2D eigenvalue weighted by atomic mass is 16.6. The number of carbonyl (C=O) groups excluding carboxylic acids is 2. The van der Waals surface area contributed by atoms with Crippen LogP contribution in [0.2, 0.25) is 0 Å². The number of hydrogen-bond donors (Lipinski definition) is 1. The average Bonchev–Trinajstić information content (AvgIpc) is 3.18. The lowest BCUT2D eigenvalue weighted by atomic mass is 9.85. The molecule has 0 radical (unpaired) electrons. The lowest BCUT2D eigenvalue weighted by Crippen LogP contribution is -2.34. The summed E-state index contributed by atoms with van der Waals surface area (Å²) in [5.74, 6) is -1.84. The number of rotatable bonds is 13. The topological polar surface area (TPSA) is 104 Å². The Labute approximate surface area is 237 Å². The number of nitrogens with zero attached hydrogens (tertiary/aromatic N) is 3. The summed E-state index contributed by atoms with van der Waals surface area (Å²) in [5.41, 5.74) is 1.63. The van der Waals surface area contributed by atoms with Crippen molar-refractivity contribution in [1.29, 1.82) is 0 Å². The van der Waals surface area contributed by atoms with Crippen molar-refractivity contribution in [3.63, 3.8) is 0 Å². The van der Waals surface area contributed by atoms with Crippen LogP contribution in [0, 0.1) is 10.1 Å². The number of aliphatic hydroxyl groups is 1. The molecule has 216 valence electrons. The second-order valence-corrected chi connectivity index (χ2v) is 11.6. The fraction of sp³-hybridized carbons (Fsp3) is 0.500. The number of nitro groups is 1. The molecule has 0 bridgehead atoms. The number of ketones is 1. The number of non-ortho nitro benzene ring substituents is 1. The quantitative estimate of drug-likeness (QED) is 0.0992. The minimum atomic E-state index is -0.784. The van der Waals surface area contributed by atoms with Crippen LogP contribution in [0.5, 0.6) is 0 Å². The van der Waals surface area contributed by atoms with Crippen LogP contribution in [-0.4, -0.2) is 57.7 Å². The number of benzene rings is 2. The number of Topliss-reactive ketones (excluding diaryl/α,β-unsaturated/α-hetero) is 1. The zero-order chi connectivity index (χ0) is 29.4. The van der Waals surface area contributed by atoms with E-state index in [0.717, 1.165) is 50.9 Å². The van der Waals surface area contributed by atoms with Crippen molar-refractivity contribution < 1.29 is 19.6 Å². The average molecular weight is 550 g/mol. The first-order chi connectivity index (χ1) is 19.0. The predicted octanol–water partition coefficient (Wildman–Crippen LogP) is 6.61. The zero-order valence-electron chi connectivity index (χ0n) is 24.5. The summed E-state index contributed by atoms with van der Waals surface area (Å²) in [6, 6.07) is 12.5. The van der Waals surface area contributed by atoms with Gasteiger partial charge < -0.3 is 14.9 Å². The van der Waals surface area contributed by atoms with Crippen molar-refractivity contribution in [1.82, 2.24) is 9.80 Å². The minimum Gasteiger partial charge on any atom is -0.507 e. The van der Waals surface area contributed by atoms with Crippen LogP contribution in [0.3, 0.4) is 0 Å². The zero-order valence-corrected chi connectivity index (χ0v) is 24.5. The molecule has 1 aliphatic rings. The van der Waals surface area contributed by atoms with E-state index in [4.69, 9.17) is 0 Å². The highest BCUT2D eigenvalue weighted by Gasteiger charge is 2.46. The molecule has 0 aliphatic carbocycles. The molecule has 2 aromatic carbocycles. The smallest absolute Gasteiger partial charge is 0.295 e. The Bertz CT molecular complexity index is 1220. The van der Waals surface area contributed by atoms with E-state index in [9.17, 15) is 24.8 Å². The van der Waals surface area contributed by atoms with Crippen molar-refractivity contribution in [3.8, 4) is 0 Å². The molecule has 3 rings (SSSR count). The van der Waals surface area contributed by atoms with Crippen LogP contribution in [-0.2, 0) is 15.0 Å². The van der Waals surface area contributed by atoms with Crippen LogP contribution in [0.25, 0.3) is 5.76 Å². The number of unbranched alkanes of at least 4 members (excludes halogenated alkanes) is 2. The molecule has 0 saturated carbocycles. The summed E-state index contributed by atoms with van der Waals surface area (Å²) in [7, 11) is 0. The number of carbonyl (C=O) groups is 2. The van der Waals surface area contributed by atoms with Gasteiger partial charge in [0.1, 0.15) is 5.76 Å². The van der Waals surface area contributed by atoms with Crippen LogP contribution >= 0.6 is 0 Å². The summed E-state index contributed by atoms with van der Waals surface area (Å²) in [6.45, 7) is 13.8. The molecule has 1 aliphatic heterocycles. The van der Waals surface area contributed by atoms with Gasteiger partial charge in [0.2, 0.25) is 0 Å². The molecule has 8 heteroatoms. The normalized spacial score (nSPS) is 17.1. The second kappa shape index (κ2) is 13.7. The maximum Gasteiger partial charge on any atom is 0.295 e. The van der Waals surface area contributed by atoms with Gasteiger partial charge >= 0.3 is 0 Å². The lowest BCUT2D eigenvalue weighted by molar-refractivity contribution is -0.384. The summed E-state index contributed by atoms with van der Waals surface area (Å²) >= 11 is 0. The van der Waals surface area contributed by atoms with Gasteiger partial charge in [-0.05, 0) is 55.4 Å². The molecule has 2 aromatic rings. The molecule has 1 saturated heterocycles. The molecule has 1 atom stereocenters. The number of hydrogen-bond acceptors (Lipinski definition) is 6. The van der Waals surface area contributed by atoms with Crippen molar-refractivity contribution in [2.75, 3.05) is 26.2 Å². The first-order valence-corrected chi connectivity index (χ1v) is 14.4. The van der Waals surface area contributed by atoms with E-state index in [1.54, 1.807) is 4.90 Å². The molecule has 8 nitrogen and oxygen atoms in total. The molecular formula is C32H43N3O5. The van der Waals surface area contributed by atoms with Crippen LogP contribution in [0.15, 0.2) is 54.1 Å². The fourth-order valence-electron chi connectivity index (χ4n) is 5.11. The van der Waals surface area contributed by atoms with E-state index in [1.165, 1.54) is 24.3 Å². The molecule has 0 aromatic heterocycles. The van der Waals surface area contributed by atoms with E-state index in [2.05, 4.69) is 39.5 Å². The van der Waals surface area contributed by atoms with E-state index in [1.807, 2.05) is 24.3 Å². The number of aliphatic hydroxyl groups excluding tert-OH is 1. The van der Waals surface area contributed by atoms with Crippen molar-refractivity contribution in [2.24, 2.45) is 0 Å². The van der Waals surface area contributed by atoms with Gasteiger partial charge in [-0.1, -0.05) is 83.9 Å². The summed E-state index contributed by atoms with van der Waals surface area (Å²) in [5, 5.41) is 22.6. The van der Waals surface area contributed by atoms with Gasteiger partial charge in [0.15, 0.2) is 0 Å². The molecule has 0 spiro atoms. The standard InChI is InChI=1S/C32H43N3O5/c1-6-8-18-33(19-9-7-2)20-11-21-34-28(23-14-16-25(17-15-23)32(3,4)5)27(30(37)31(34)38)29(36)24-12-10-13-26(22-24)35(39)40/h10,12-17,22,28,36H,6-9,11,18-21H2,1-5H3/b29-27-. The highest BCUT2D eigenvalue weighted by molar-refractivity contribution is 6.46. The van der Waals surface area contributed by atoms with Crippen LogP contribution < -0.4 is 0 Å². The Morgan fingerprint density at radius 2 is 1.57 bits per heavy atom. The van der Waals surface area contributed by atoms with Crippen LogP contribution in [0.4, 0.5) is 5.69 Å². The van der Waals surface area contributed by atoms with Gasteiger partial charge in [0.05, 0.1) is 16.5 Å². The number of likely N-dealkylation sites (tertiary alicyclic amines) is 1. The Morgan fingerprint density at radius 3 is 2.12 bits per heavy atom. The molecule has 1 N–H and O–H groups in total. The van der Waals surface area contributed by atoms with Crippen molar-refractivity contribution in [3.05, 3.63) is 80.9 Å². The first-order valence-electron chi connectivity index (χ1n) is 14.4. The Morgan fingerprint density at radius 1 is 0.975 bits per heavy atom. The second-order valence-electron chi connectivity index (χ2n) is 11.6. The molecular weight excluding hydrogens is 506 g/mol. The van der Waals surface area contributed by atoms with Gasteiger partial charge in [0, 0.05) is 24.2 Å². The van der Waals surface area contributed by atoms with Crippen molar-refractivity contribution >= 4 is 23.1 Å². The molecule has 1 amide bonds. The monoisotopic (exact) mass is 549 g/mol. The SMILES string of the molecule is CCCCN(CCCC)CCCN1C(=O)C(=O)/C(=C(\O)c2cccc([N+](=O)[O-])c2)C1c1ccc(C(C)(C)C)cc1. The minimum absolute atomic E-state index is 0.0390. The van der Waals surface area contributed by atoms with Gasteiger partial charge in [-0.25, -0.2) is 0 Å². The van der Waals surface area contributed by atoms with Gasteiger partial charge in [-0.15, -0.1) is 0 Å². The van der Waals surface area contributed by atoms with Gasteiger partial charge in [-0.2, -0.15) is 0 Å². The van der Waals surface area contributed by atoms with Crippen molar-refractivity contribution in [2.45, 2.75) is 78.2 Å².